The van der Waals surface area contributed by atoms with Crippen LogP contribution in [0.1, 0.15) is 51.2 Å². The van der Waals surface area contributed by atoms with Crippen molar-refractivity contribution in [1.82, 2.24) is 5.32 Å². The molecule has 0 atom stereocenters. The Hall–Kier alpha value is -1.02. The molecule has 118 valence electrons. The molecule has 1 aromatic carbocycles. The second kappa shape index (κ2) is 6.83. The number of nitrogens with one attached hydrogen (secondary N) is 1. The summed E-state index contributed by atoms with van der Waals surface area (Å²) in [5.74, 6) is 2.63. The van der Waals surface area contributed by atoms with Crippen molar-refractivity contribution in [2.45, 2.75) is 52.4 Å². The smallest absolute Gasteiger partial charge is 0.122 e. The standard InChI is InChI=1S/C19H31NO/c1-6-16-10-19(11-16,13-20-12-14(2)3)17-9-15(4)7-8-18(17)21-5/h7-9,14,16,20H,6,10-13H2,1-5H3. The van der Waals surface area contributed by atoms with Crippen LogP contribution in [0.4, 0.5) is 0 Å². The monoisotopic (exact) mass is 289 g/mol. The molecule has 0 unspecified atom stereocenters. The van der Waals surface area contributed by atoms with Gasteiger partial charge in [0.15, 0.2) is 0 Å². The summed E-state index contributed by atoms with van der Waals surface area (Å²) in [6, 6.07) is 6.61. The first kappa shape index (κ1) is 16.4. The fourth-order valence-electron chi connectivity index (χ4n) is 3.63. The minimum atomic E-state index is 0.271. The Morgan fingerprint density at radius 2 is 2.05 bits per heavy atom. The third-order valence-corrected chi connectivity index (χ3v) is 4.88. The van der Waals surface area contributed by atoms with Gasteiger partial charge < -0.3 is 10.1 Å². The Balaban J connectivity index is 2.22. The molecule has 0 heterocycles. The highest BCUT2D eigenvalue weighted by atomic mass is 16.5. The Labute approximate surface area is 130 Å². The van der Waals surface area contributed by atoms with Gasteiger partial charge in [-0.05, 0) is 44.2 Å². The summed E-state index contributed by atoms with van der Waals surface area (Å²) in [4.78, 5) is 0. The lowest BCUT2D eigenvalue weighted by Gasteiger charge is -2.49. The molecule has 2 nitrogen and oxygen atoms in total. The Morgan fingerprint density at radius 1 is 1.33 bits per heavy atom. The van der Waals surface area contributed by atoms with Crippen LogP contribution in [0.15, 0.2) is 18.2 Å². The normalized spacial score (nSPS) is 25.0. The highest BCUT2D eigenvalue weighted by molar-refractivity contribution is 5.44. The molecule has 2 heteroatoms. The van der Waals surface area contributed by atoms with Crippen LogP contribution in [0.2, 0.25) is 0 Å². The number of ether oxygens (including phenoxy) is 1. The maximum atomic E-state index is 5.65. The van der Waals surface area contributed by atoms with Gasteiger partial charge in [-0.1, -0.05) is 44.9 Å². The lowest BCUT2D eigenvalue weighted by Crippen LogP contribution is -2.49. The summed E-state index contributed by atoms with van der Waals surface area (Å²) in [6.07, 6.45) is 3.86. The molecule has 1 saturated carbocycles. The van der Waals surface area contributed by atoms with E-state index in [1.54, 1.807) is 7.11 Å². The highest BCUT2D eigenvalue weighted by Gasteiger charge is 2.45. The molecular weight excluding hydrogens is 258 g/mol. The zero-order valence-corrected chi connectivity index (χ0v) is 14.3. The molecule has 0 radical (unpaired) electrons. The van der Waals surface area contributed by atoms with E-state index >= 15 is 0 Å². The number of aryl methyl sites for hydroxylation is 1. The molecule has 21 heavy (non-hydrogen) atoms. The SMILES string of the molecule is CCC1CC(CNCC(C)C)(c2cc(C)ccc2OC)C1. The summed E-state index contributed by atoms with van der Waals surface area (Å²) < 4.78 is 5.65. The number of hydrogen-bond acceptors (Lipinski definition) is 2. The summed E-state index contributed by atoms with van der Waals surface area (Å²) in [5, 5.41) is 3.69. The van der Waals surface area contributed by atoms with Gasteiger partial charge in [-0.25, -0.2) is 0 Å². The second-order valence-corrected chi connectivity index (χ2v) is 7.19. The van der Waals surface area contributed by atoms with Gasteiger partial charge in [0.2, 0.25) is 0 Å². The van der Waals surface area contributed by atoms with Gasteiger partial charge in [-0.15, -0.1) is 0 Å². The Morgan fingerprint density at radius 3 is 2.62 bits per heavy atom. The van der Waals surface area contributed by atoms with Crippen molar-refractivity contribution in [3.8, 4) is 5.75 Å². The minimum Gasteiger partial charge on any atom is -0.496 e. The molecule has 0 spiro atoms. The van der Waals surface area contributed by atoms with E-state index in [9.17, 15) is 0 Å². The number of rotatable bonds is 7. The quantitative estimate of drug-likeness (QED) is 0.807. The second-order valence-electron chi connectivity index (χ2n) is 7.19. The third kappa shape index (κ3) is 3.60. The minimum absolute atomic E-state index is 0.271. The summed E-state index contributed by atoms with van der Waals surface area (Å²) in [7, 11) is 1.79. The maximum absolute atomic E-state index is 5.65. The van der Waals surface area contributed by atoms with Crippen LogP contribution in [0.3, 0.4) is 0 Å². The van der Waals surface area contributed by atoms with E-state index in [1.807, 2.05) is 0 Å². The molecule has 0 saturated heterocycles. The topological polar surface area (TPSA) is 21.3 Å². The molecule has 1 fully saturated rings. The zero-order chi connectivity index (χ0) is 15.5. The number of hydrogen-bond donors (Lipinski definition) is 1. The summed E-state index contributed by atoms with van der Waals surface area (Å²) >= 11 is 0. The maximum Gasteiger partial charge on any atom is 0.122 e. The molecule has 2 rings (SSSR count). The van der Waals surface area contributed by atoms with E-state index in [0.717, 1.165) is 24.8 Å². The van der Waals surface area contributed by atoms with Crippen LogP contribution < -0.4 is 10.1 Å². The molecule has 1 N–H and O–H groups in total. The number of benzene rings is 1. The van der Waals surface area contributed by atoms with Crippen molar-refractivity contribution in [1.29, 1.82) is 0 Å². The molecule has 0 bridgehead atoms. The van der Waals surface area contributed by atoms with Gasteiger partial charge in [0.05, 0.1) is 7.11 Å². The van der Waals surface area contributed by atoms with E-state index in [0.29, 0.717) is 5.92 Å². The van der Waals surface area contributed by atoms with E-state index in [4.69, 9.17) is 4.74 Å². The van der Waals surface area contributed by atoms with Gasteiger partial charge in [0, 0.05) is 17.5 Å². The predicted octanol–water partition coefficient (Wildman–Crippen LogP) is 4.31. The van der Waals surface area contributed by atoms with E-state index in [2.05, 4.69) is 51.2 Å². The van der Waals surface area contributed by atoms with Crippen molar-refractivity contribution in [3.63, 3.8) is 0 Å². The summed E-state index contributed by atoms with van der Waals surface area (Å²) in [5.41, 5.74) is 3.01. The van der Waals surface area contributed by atoms with Crippen LogP contribution in [-0.4, -0.2) is 20.2 Å². The van der Waals surface area contributed by atoms with E-state index < -0.39 is 0 Å². The van der Waals surface area contributed by atoms with Gasteiger partial charge in [-0.2, -0.15) is 0 Å². The molecule has 1 aromatic rings. The van der Waals surface area contributed by atoms with Crippen molar-refractivity contribution in [2.75, 3.05) is 20.2 Å². The van der Waals surface area contributed by atoms with Gasteiger partial charge in [0.25, 0.3) is 0 Å². The van der Waals surface area contributed by atoms with Crippen LogP contribution >= 0.6 is 0 Å². The lowest BCUT2D eigenvalue weighted by atomic mass is 9.57. The van der Waals surface area contributed by atoms with Crippen LogP contribution in [0, 0.1) is 18.8 Å². The van der Waals surface area contributed by atoms with Crippen LogP contribution in [-0.2, 0) is 5.41 Å². The molecule has 1 aliphatic carbocycles. The fraction of sp³-hybridized carbons (Fsp3) is 0.684. The molecular formula is C19H31NO. The third-order valence-electron chi connectivity index (χ3n) is 4.88. The molecule has 0 amide bonds. The first-order valence-corrected chi connectivity index (χ1v) is 8.36. The predicted molar refractivity (Wildman–Crippen MR) is 90.1 cm³/mol. The average Bonchev–Trinajstić information content (AvgIpc) is 2.41. The first-order valence-electron chi connectivity index (χ1n) is 8.36. The summed E-state index contributed by atoms with van der Waals surface area (Å²) in [6.45, 7) is 11.2. The Kier molecular flexibility index (Phi) is 5.32. The fourth-order valence-corrected chi connectivity index (χ4v) is 3.63. The molecule has 1 aliphatic rings. The Bertz CT molecular complexity index is 461. The van der Waals surface area contributed by atoms with Gasteiger partial charge in [0.1, 0.15) is 5.75 Å². The largest absolute Gasteiger partial charge is 0.496 e. The van der Waals surface area contributed by atoms with Crippen molar-refractivity contribution in [3.05, 3.63) is 29.3 Å². The van der Waals surface area contributed by atoms with Gasteiger partial charge in [-0.3, -0.25) is 0 Å². The van der Waals surface area contributed by atoms with E-state index in [1.165, 1.54) is 30.4 Å². The van der Waals surface area contributed by atoms with Crippen molar-refractivity contribution in [2.24, 2.45) is 11.8 Å². The van der Waals surface area contributed by atoms with E-state index in [-0.39, 0.29) is 5.41 Å². The molecule has 0 aliphatic heterocycles. The first-order chi connectivity index (χ1) is 10.0. The van der Waals surface area contributed by atoms with Crippen molar-refractivity contribution < 1.29 is 4.74 Å². The highest BCUT2D eigenvalue weighted by Crippen LogP contribution is 2.51. The zero-order valence-electron chi connectivity index (χ0n) is 14.3. The average molecular weight is 289 g/mol. The van der Waals surface area contributed by atoms with Gasteiger partial charge >= 0.3 is 0 Å². The number of methoxy groups -OCH3 is 1. The molecule has 0 aromatic heterocycles. The van der Waals surface area contributed by atoms with Crippen LogP contribution in [0.25, 0.3) is 0 Å². The van der Waals surface area contributed by atoms with Crippen LogP contribution in [0.5, 0.6) is 5.75 Å². The van der Waals surface area contributed by atoms with Crippen molar-refractivity contribution >= 4 is 0 Å². The lowest BCUT2D eigenvalue weighted by molar-refractivity contribution is 0.129.